The molecule has 0 amide bonds. The zero-order chi connectivity index (χ0) is 22.2. The van der Waals surface area contributed by atoms with Crippen molar-refractivity contribution >= 4 is 40.5 Å². The number of para-hydroxylation sites is 2. The van der Waals surface area contributed by atoms with E-state index in [1.54, 1.807) is 36.4 Å². The summed E-state index contributed by atoms with van der Waals surface area (Å²) >= 11 is 12.1. The Balaban J connectivity index is 0.000000352. The van der Waals surface area contributed by atoms with Crippen molar-refractivity contribution in [2.75, 3.05) is 11.9 Å². The smallest absolute Gasteiger partial charge is 0.307 e. The molecule has 3 N–H and O–H groups in total. The van der Waals surface area contributed by atoms with Gasteiger partial charge in [-0.15, -0.1) is 0 Å². The molecule has 0 aliphatic carbocycles. The molecule has 166 valence electrons. The lowest BCUT2D eigenvalue weighted by Gasteiger charge is -2.13. The zero-order valence-electron chi connectivity index (χ0n) is 17.7. The van der Waals surface area contributed by atoms with Crippen LogP contribution in [0.5, 0.6) is 0 Å². The van der Waals surface area contributed by atoms with Gasteiger partial charge >= 0.3 is 5.97 Å². The summed E-state index contributed by atoms with van der Waals surface area (Å²) in [5, 5.41) is 21.4. The second kappa shape index (κ2) is 16.0. The summed E-state index contributed by atoms with van der Waals surface area (Å²) in [6, 6.07) is 12.3. The number of benzene rings is 2. The molecule has 0 spiro atoms. The molecule has 2 rings (SSSR count). The van der Waals surface area contributed by atoms with E-state index in [0.717, 1.165) is 6.42 Å². The maximum absolute atomic E-state index is 10.8. The van der Waals surface area contributed by atoms with Gasteiger partial charge < -0.3 is 15.5 Å². The van der Waals surface area contributed by atoms with Crippen LogP contribution in [0.1, 0.15) is 63.9 Å². The molecule has 0 radical (unpaired) electrons. The van der Waals surface area contributed by atoms with Gasteiger partial charge in [-0.1, -0.05) is 99.3 Å². The molecule has 0 aliphatic rings. The third kappa shape index (κ3) is 10.9. The number of aliphatic hydroxyl groups is 1. The first-order chi connectivity index (χ1) is 14.5. The minimum Gasteiger partial charge on any atom is -0.481 e. The molecule has 6 heteroatoms. The van der Waals surface area contributed by atoms with Crippen molar-refractivity contribution in [2.24, 2.45) is 0 Å². The second-order valence-electron chi connectivity index (χ2n) is 7.15. The molecular formula is C24H33Cl2NO3. The highest BCUT2D eigenvalue weighted by Gasteiger charge is 2.10. The van der Waals surface area contributed by atoms with Gasteiger partial charge in [0.1, 0.15) is 0 Å². The lowest BCUT2D eigenvalue weighted by Crippen LogP contribution is -2.04. The third-order valence-electron chi connectivity index (χ3n) is 4.59. The van der Waals surface area contributed by atoms with Crippen LogP contribution in [0.25, 0.3) is 0 Å². The number of nitrogens with one attached hydrogen (secondary N) is 1. The molecule has 0 aliphatic heterocycles. The topological polar surface area (TPSA) is 69.6 Å². The fourth-order valence-corrected chi connectivity index (χ4v) is 3.45. The number of carboxylic acids is 1. The Labute approximate surface area is 190 Å². The van der Waals surface area contributed by atoms with Gasteiger partial charge in [0, 0.05) is 12.3 Å². The van der Waals surface area contributed by atoms with Crippen molar-refractivity contribution in [2.45, 2.75) is 64.7 Å². The molecule has 30 heavy (non-hydrogen) atoms. The van der Waals surface area contributed by atoms with Crippen LogP contribution in [0, 0.1) is 0 Å². The molecular weight excluding hydrogens is 421 g/mol. The highest BCUT2D eigenvalue weighted by Crippen LogP contribution is 2.33. The molecule has 0 heterocycles. The highest BCUT2D eigenvalue weighted by molar-refractivity contribution is 6.39. The molecule has 4 nitrogen and oxygen atoms in total. The van der Waals surface area contributed by atoms with E-state index in [4.69, 9.17) is 33.4 Å². The first-order valence-corrected chi connectivity index (χ1v) is 11.4. The average molecular weight is 454 g/mol. The predicted octanol–water partition coefficient (Wildman–Crippen LogP) is 7.48. The minimum absolute atomic E-state index is 0.0642. The monoisotopic (exact) mass is 453 g/mol. The number of anilines is 2. The molecule has 0 fully saturated rings. The van der Waals surface area contributed by atoms with Crippen LogP contribution in [0.4, 0.5) is 11.4 Å². The molecule has 2 aromatic carbocycles. The summed E-state index contributed by atoms with van der Waals surface area (Å²) in [5.41, 5.74) is 1.93. The molecule has 0 bridgehead atoms. The number of aliphatic hydroxyl groups excluding tert-OH is 1. The minimum atomic E-state index is -0.889. The van der Waals surface area contributed by atoms with Crippen molar-refractivity contribution in [3.8, 4) is 0 Å². The average Bonchev–Trinajstić information content (AvgIpc) is 2.71. The molecule has 2 aromatic rings. The summed E-state index contributed by atoms with van der Waals surface area (Å²) in [4.78, 5) is 10.8. The van der Waals surface area contributed by atoms with Crippen LogP contribution in [0.2, 0.25) is 10.0 Å². The maximum Gasteiger partial charge on any atom is 0.307 e. The van der Waals surface area contributed by atoms with Crippen molar-refractivity contribution in [3.05, 3.63) is 58.1 Å². The van der Waals surface area contributed by atoms with Gasteiger partial charge in [0.15, 0.2) is 0 Å². The SMILES string of the molecule is CCCCCCCCCCO.O=C(O)Cc1ccccc1Nc1c(Cl)cccc1Cl. The van der Waals surface area contributed by atoms with E-state index < -0.39 is 5.97 Å². The van der Waals surface area contributed by atoms with Crippen LogP contribution in [-0.2, 0) is 11.2 Å². The highest BCUT2D eigenvalue weighted by atomic mass is 35.5. The van der Waals surface area contributed by atoms with Crippen LogP contribution in [0.15, 0.2) is 42.5 Å². The number of hydrogen-bond donors (Lipinski definition) is 3. The van der Waals surface area contributed by atoms with Crippen molar-refractivity contribution in [1.29, 1.82) is 0 Å². The number of halogens is 2. The van der Waals surface area contributed by atoms with Crippen LogP contribution in [-0.4, -0.2) is 22.8 Å². The lowest BCUT2D eigenvalue weighted by molar-refractivity contribution is -0.136. The van der Waals surface area contributed by atoms with E-state index >= 15 is 0 Å². The summed E-state index contributed by atoms with van der Waals surface area (Å²) in [6.45, 7) is 2.61. The number of aliphatic carboxylic acids is 1. The maximum atomic E-state index is 10.8. The number of hydrogen-bond acceptors (Lipinski definition) is 3. The van der Waals surface area contributed by atoms with Gasteiger partial charge in [-0.25, -0.2) is 0 Å². The Hall–Kier alpha value is -1.75. The Bertz CT molecular complexity index is 725. The molecule has 0 atom stereocenters. The van der Waals surface area contributed by atoms with E-state index in [0.29, 0.717) is 33.6 Å². The van der Waals surface area contributed by atoms with Gasteiger partial charge in [0.25, 0.3) is 0 Å². The largest absolute Gasteiger partial charge is 0.481 e. The summed E-state index contributed by atoms with van der Waals surface area (Å²) in [5.74, 6) is -0.889. The van der Waals surface area contributed by atoms with E-state index in [1.165, 1.54) is 44.9 Å². The van der Waals surface area contributed by atoms with Crippen LogP contribution >= 0.6 is 23.2 Å². The van der Waals surface area contributed by atoms with Crippen molar-refractivity contribution in [3.63, 3.8) is 0 Å². The van der Waals surface area contributed by atoms with Gasteiger partial charge in [0.2, 0.25) is 0 Å². The van der Waals surface area contributed by atoms with E-state index in [-0.39, 0.29) is 6.42 Å². The quantitative estimate of drug-likeness (QED) is 0.291. The normalized spacial score (nSPS) is 10.3. The summed E-state index contributed by atoms with van der Waals surface area (Å²) < 4.78 is 0. The Kier molecular flexibility index (Phi) is 14.0. The standard InChI is InChI=1S/C14H11Cl2NO2.C10H22O/c15-10-5-3-6-11(16)14(10)17-12-7-2-1-4-9(12)8-13(18)19;1-2-3-4-5-6-7-8-9-10-11/h1-7,17H,8H2,(H,18,19);11H,2-10H2,1H3. The third-order valence-corrected chi connectivity index (χ3v) is 5.22. The predicted molar refractivity (Wildman–Crippen MR) is 127 cm³/mol. The first-order valence-electron chi connectivity index (χ1n) is 10.6. The fraction of sp³-hybridized carbons (Fsp3) is 0.458. The molecule has 0 saturated carbocycles. The molecule has 0 aromatic heterocycles. The lowest BCUT2D eigenvalue weighted by atomic mass is 10.1. The van der Waals surface area contributed by atoms with Crippen molar-refractivity contribution < 1.29 is 15.0 Å². The molecule has 0 saturated heterocycles. The van der Waals surface area contributed by atoms with Gasteiger partial charge in [0.05, 0.1) is 22.2 Å². The van der Waals surface area contributed by atoms with Gasteiger partial charge in [-0.2, -0.15) is 0 Å². The summed E-state index contributed by atoms with van der Waals surface area (Å²) in [7, 11) is 0. The number of carboxylic acid groups (broad SMARTS) is 1. The number of unbranched alkanes of at least 4 members (excludes halogenated alkanes) is 7. The van der Waals surface area contributed by atoms with Crippen LogP contribution in [0.3, 0.4) is 0 Å². The van der Waals surface area contributed by atoms with Gasteiger partial charge in [-0.3, -0.25) is 4.79 Å². The number of carbonyl (C=O) groups is 1. The van der Waals surface area contributed by atoms with Crippen LogP contribution < -0.4 is 5.32 Å². The summed E-state index contributed by atoms with van der Waals surface area (Å²) in [6.07, 6.45) is 10.3. The number of rotatable bonds is 12. The zero-order valence-corrected chi connectivity index (χ0v) is 19.2. The van der Waals surface area contributed by atoms with Crippen molar-refractivity contribution in [1.82, 2.24) is 0 Å². The first kappa shape index (κ1) is 26.3. The Morgan fingerprint density at radius 2 is 1.43 bits per heavy atom. The second-order valence-corrected chi connectivity index (χ2v) is 7.96. The van der Waals surface area contributed by atoms with E-state index in [9.17, 15) is 4.79 Å². The Morgan fingerprint density at radius 1 is 0.867 bits per heavy atom. The van der Waals surface area contributed by atoms with E-state index in [2.05, 4.69) is 12.2 Å². The van der Waals surface area contributed by atoms with Gasteiger partial charge in [-0.05, 0) is 30.2 Å². The Morgan fingerprint density at radius 3 is 2.00 bits per heavy atom. The molecule has 0 unspecified atom stereocenters. The van der Waals surface area contributed by atoms with E-state index in [1.807, 2.05) is 6.07 Å². The fourth-order valence-electron chi connectivity index (χ4n) is 2.96.